The Balaban J connectivity index is 1.71. The number of hydrogen-bond acceptors (Lipinski definition) is 4. The fourth-order valence-electron chi connectivity index (χ4n) is 4.05. The van der Waals surface area contributed by atoms with Gasteiger partial charge in [0.2, 0.25) is 5.95 Å². The Kier molecular flexibility index (Phi) is 5.77. The maximum atomic E-state index is 6.30. The zero-order chi connectivity index (χ0) is 20.5. The third kappa shape index (κ3) is 4.25. The molecular weight excluding hydrogens is 403 g/mol. The van der Waals surface area contributed by atoms with Gasteiger partial charge in [0, 0.05) is 30.3 Å². The molecule has 1 aliphatic carbocycles. The van der Waals surface area contributed by atoms with Crippen molar-refractivity contribution < 1.29 is 0 Å². The van der Waals surface area contributed by atoms with Crippen LogP contribution < -0.4 is 5.32 Å². The first-order valence-electron chi connectivity index (χ1n) is 9.74. The van der Waals surface area contributed by atoms with Crippen LogP contribution in [0.25, 0.3) is 11.3 Å². The molecular formula is C23H24Cl2N4. The summed E-state index contributed by atoms with van der Waals surface area (Å²) in [7, 11) is 4.12. The van der Waals surface area contributed by atoms with Crippen molar-refractivity contribution in [3.05, 3.63) is 75.4 Å². The molecule has 0 aliphatic heterocycles. The molecule has 0 fully saturated rings. The molecule has 1 aromatic heterocycles. The molecule has 29 heavy (non-hydrogen) atoms. The van der Waals surface area contributed by atoms with Crippen molar-refractivity contribution in [3.63, 3.8) is 0 Å². The molecule has 0 amide bonds. The van der Waals surface area contributed by atoms with E-state index in [4.69, 9.17) is 28.2 Å². The number of aromatic nitrogens is 2. The Bertz CT molecular complexity index is 1040. The van der Waals surface area contributed by atoms with Crippen LogP contribution in [0.15, 0.2) is 48.7 Å². The molecule has 1 N–H and O–H groups in total. The van der Waals surface area contributed by atoms with E-state index in [1.165, 1.54) is 5.56 Å². The maximum Gasteiger partial charge on any atom is 0.223 e. The van der Waals surface area contributed by atoms with Gasteiger partial charge in [-0.2, -0.15) is 0 Å². The van der Waals surface area contributed by atoms with Gasteiger partial charge in [-0.3, -0.25) is 0 Å². The van der Waals surface area contributed by atoms with Gasteiger partial charge in [-0.25, -0.2) is 9.97 Å². The van der Waals surface area contributed by atoms with Crippen LogP contribution in [0, 0.1) is 0 Å². The number of nitrogens with zero attached hydrogens (tertiary/aromatic N) is 3. The highest BCUT2D eigenvalue weighted by Crippen LogP contribution is 2.42. The molecule has 0 bridgehead atoms. The first-order chi connectivity index (χ1) is 13.9. The predicted molar refractivity (Wildman–Crippen MR) is 121 cm³/mol. The number of hydrogen-bond donors (Lipinski definition) is 1. The Hall–Kier alpha value is -2.14. The quantitative estimate of drug-likeness (QED) is 0.584. The number of rotatable bonds is 5. The van der Waals surface area contributed by atoms with Crippen molar-refractivity contribution >= 4 is 29.2 Å². The summed E-state index contributed by atoms with van der Waals surface area (Å²) in [4.78, 5) is 11.6. The van der Waals surface area contributed by atoms with Crippen molar-refractivity contribution in [2.45, 2.75) is 25.3 Å². The van der Waals surface area contributed by atoms with E-state index in [0.717, 1.165) is 35.3 Å². The van der Waals surface area contributed by atoms with E-state index in [9.17, 15) is 0 Å². The highest BCUT2D eigenvalue weighted by molar-refractivity contribution is 6.42. The van der Waals surface area contributed by atoms with E-state index in [2.05, 4.69) is 66.6 Å². The first kappa shape index (κ1) is 20.1. The van der Waals surface area contributed by atoms with Gasteiger partial charge in [0.25, 0.3) is 0 Å². The van der Waals surface area contributed by atoms with Crippen molar-refractivity contribution in [3.8, 4) is 11.3 Å². The van der Waals surface area contributed by atoms with Gasteiger partial charge in [0.15, 0.2) is 0 Å². The molecule has 2 unspecified atom stereocenters. The summed E-state index contributed by atoms with van der Waals surface area (Å²) in [5.74, 6) is 0.865. The molecule has 6 heteroatoms. The van der Waals surface area contributed by atoms with Gasteiger partial charge in [0.1, 0.15) is 0 Å². The van der Waals surface area contributed by atoms with E-state index < -0.39 is 0 Å². The van der Waals surface area contributed by atoms with Crippen LogP contribution in [-0.2, 0) is 6.42 Å². The molecule has 1 aliphatic rings. The topological polar surface area (TPSA) is 41.0 Å². The van der Waals surface area contributed by atoms with Gasteiger partial charge >= 0.3 is 0 Å². The van der Waals surface area contributed by atoms with Crippen LogP contribution in [0.5, 0.6) is 0 Å². The second-order valence-electron chi connectivity index (χ2n) is 7.89. The summed E-state index contributed by atoms with van der Waals surface area (Å²) >= 11 is 12.4. The molecule has 3 aromatic rings. The van der Waals surface area contributed by atoms with Crippen LogP contribution in [0.1, 0.15) is 29.5 Å². The smallest absolute Gasteiger partial charge is 0.223 e. The second kappa shape index (κ2) is 8.31. The average Bonchev–Trinajstić information content (AvgIpc) is 2.69. The predicted octanol–water partition coefficient (Wildman–Crippen LogP) is 5.50. The summed E-state index contributed by atoms with van der Waals surface area (Å²) in [6.45, 7) is 3.05. The Morgan fingerprint density at radius 1 is 1.14 bits per heavy atom. The van der Waals surface area contributed by atoms with Crippen molar-refractivity contribution in [1.29, 1.82) is 0 Å². The van der Waals surface area contributed by atoms with E-state index in [0.29, 0.717) is 16.0 Å². The van der Waals surface area contributed by atoms with E-state index in [1.807, 2.05) is 18.3 Å². The third-order valence-corrected chi connectivity index (χ3v) is 5.98. The second-order valence-corrected chi connectivity index (χ2v) is 8.71. The van der Waals surface area contributed by atoms with Crippen LogP contribution in [0.2, 0.25) is 10.0 Å². The molecule has 2 atom stereocenters. The fraction of sp³-hybridized carbons (Fsp3) is 0.304. The number of anilines is 1. The lowest BCUT2D eigenvalue weighted by molar-refractivity contribution is 0.391. The minimum absolute atomic E-state index is 0.198. The lowest BCUT2D eigenvalue weighted by Crippen LogP contribution is -2.30. The molecule has 2 aromatic carbocycles. The summed E-state index contributed by atoms with van der Waals surface area (Å²) in [5, 5.41) is 4.57. The minimum atomic E-state index is 0.198. The SMILES string of the molecule is CC(CN(C)C)Nc1ncc2c(n1)-c1ccccc1C(c1ccc(Cl)c(Cl)c1)C2. The molecule has 0 saturated carbocycles. The lowest BCUT2D eigenvalue weighted by Gasteiger charge is -2.28. The highest BCUT2D eigenvalue weighted by atomic mass is 35.5. The van der Waals surface area contributed by atoms with Gasteiger partial charge < -0.3 is 10.2 Å². The molecule has 1 heterocycles. The molecule has 4 rings (SSSR count). The van der Waals surface area contributed by atoms with Gasteiger partial charge in [-0.1, -0.05) is 53.5 Å². The van der Waals surface area contributed by atoms with Gasteiger partial charge in [0.05, 0.1) is 15.7 Å². The molecule has 0 spiro atoms. The zero-order valence-corrected chi connectivity index (χ0v) is 18.3. The van der Waals surface area contributed by atoms with Crippen molar-refractivity contribution in [2.75, 3.05) is 26.0 Å². The standard InChI is InChI=1S/C23H24Cl2N4/c1-14(13-29(2)3)27-23-26-12-16-10-19(15-8-9-20(24)21(25)11-15)17-6-4-5-7-18(17)22(16)28-23/h4-9,11-12,14,19H,10,13H2,1-3H3,(H,26,27,28). The Morgan fingerprint density at radius 2 is 1.93 bits per heavy atom. The number of benzene rings is 2. The monoisotopic (exact) mass is 426 g/mol. The summed E-state index contributed by atoms with van der Waals surface area (Å²) in [6, 6.07) is 14.6. The first-order valence-corrected chi connectivity index (χ1v) is 10.5. The minimum Gasteiger partial charge on any atom is -0.350 e. The van der Waals surface area contributed by atoms with Gasteiger partial charge in [-0.15, -0.1) is 0 Å². The van der Waals surface area contributed by atoms with E-state index in [1.54, 1.807) is 0 Å². The summed E-state index contributed by atoms with van der Waals surface area (Å²) in [6.07, 6.45) is 2.78. The maximum absolute atomic E-state index is 6.30. The largest absolute Gasteiger partial charge is 0.350 e. The van der Waals surface area contributed by atoms with Crippen LogP contribution in [0.3, 0.4) is 0 Å². The van der Waals surface area contributed by atoms with Crippen LogP contribution >= 0.6 is 23.2 Å². The molecule has 150 valence electrons. The van der Waals surface area contributed by atoms with E-state index >= 15 is 0 Å². The van der Waals surface area contributed by atoms with Crippen LogP contribution in [0.4, 0.5) is 5.95 Å². The van der Waals surface area contributed by atoms with Gasteiger partial charge in [-0.05, 0) is 56.3 Å². The molecule has 4 nitrogen and oxygen atoms in total. The third-order valence-electron chi connectivity index (χ3n) is 5.24. The van der Waals surface area contributed by atoms with Crippen LogP contribution in [-0.4, -0.2) is 41.5 Å². The zero-order valence-electron chi connectivity index (χ0n) is 16.8. The normalized spacial score (nSPS) is 16.3. The van der Waals surface area contributed by atoms with Crippen molar-refractivity contribution in [2.24, 2.45) is 0 Å². The summed E-state index contributed by atoms with van der Waals surface area (Å²) in [5.41, 5.74) is 5.70. The Labute approximate surface area is 181 Å². The lowest BCUT2D eigenvalue weighted by atomic mass is 9.78. The molecule has 0 saturated heterocycles. The summed E-state index contributed by atoms with van der Waals surface area (Å²) < 4.78 is 0. The Morgan fingerprint density at radius 3 is 2.69 bits per heavy atom. The number of halogens is 2. The average molecular weight is 427 g/mol. The number of nitrogens with one attached hydrogen (secondary N) is 1. The highest BCUT2D eigenvalue weighted by Gasteiger charge is 2.27. The fourth-order valence-corrected chi connectivity index (χ4v) is 4.35. The molecule has 0 radical (unpaired) electrons. The number of likely N-dealkylation sites (N-methyl/N-ethyl adjacent to an activating group) is 1. The van der Waals surface area contributed by atoms with Crippen molar-refractivity contribution in [1.82, 2.24) is 14.9 Å². The van der Waals surface area contributed by atoms with E-state index in [-0.39, 0.29) is 12.0 Å². The number of fused-ring (bicyclic) bond motifs is 3.